The molecule has 0 aliphatic carbocycles. The second-order valence-electron chi connectivity index (χ2n) is 3.34. The Balaban J connectivity index is 2.66. The average molecular weight is 172 g/mol. The monoisotopic (exact) mass is 172 g/mol. The molecule has 0 bridgehead atoms. The predicted molar refractivity (Wildman–Crippen MR) is 43.0 cm³/mol. The van der Waals surface area contributed by atoms with Crippen molar-refractivity contribution < 1.29 is 20.1 Å². The van der Waals surface area contributed by atoms with Gasteiger partial charge in [0.1, 0.15) is 11.7 Å². The van der Waals surface area contributed by atoms with E-state index < -0.39 is 24.4 Å². The smallest absolute Gasteiger partial charge is 0.139 e. The fourth-order valence-electron chi connectivity index (χ4n) is 1.30. The van der Waals surface area contributed by atoms with Crippen molar-refractivity contribution >= 4 is 7.85 Å². The quantitative estimate of drug-likeness (QED) is 0.441. The van der Waals surface area contributed by atoms with E-state index in [1.54, 1.807) is 6.92 Å². The molecule has 1 fully saturated rings. The summed E-state index contributed by atoms with van der Waals surface area (Å²) in [6.45, 7) is 1.09. The lowest BCUT2D eigenvalue weighted by Crippen LogP contribution is -2.47. The molecule has 12 heavy (non-hydrogen) atoms. The van der Waals surface area contributed by atoms with Gasteiger partial charge < -0.3 is 20.1 Å². The highest BCUT2D eigenvalue weighted by Gasteiger charge is 2.48. The number of aliphatic hydroxyl groups excluding tert-OH is 2. The van der Waals surface area contributed by atoms with Crippen LogP contribution in [0.3, 0.4) is 0 Å². The van der Waals surface area contributed by atoms with E-state index in [9.17, 15) is 10.2 Å². The van der Waals surface area contributed by atoms with Gasteiger partial charge in [-0.2, -0.15) is 0 Å². The first kappa shape index (κ1) is 9.99. The number of aliphatic hydroxyl groups is 3. The van der Waals surface area contributed by atoms with Crippen molar-refractivity contribution in [2.75, 3.05) is 13.2 Å². The molecule has 1 rings (SSSR count). The molecule has 0 aromatic rings. The highest BCUT2D eigenvalue weighted by molar-refractivity contribution is 6.11. The van der Waals surface area contributed by atoms with Crippen molar-refractivity contribution in [3.8, 4) is 0 Å². The lowest BCUT2D eigenvalue weighted by atomic mass is 9.80. The SMILES string of the molecule is [B][C@H](C)C1OCC(O)(CO)C1O. The molecule has 4 atom stereocenters. The van der Waals surface area contributed by atoms with E-state index in [1.807, 2.05) is 0 Å². The second kappa shape index (κ2) is 3.34. The molecule has 0 saturated carbocycles. The molecule has 0 amide bonds. The fourth-order valence-corrected chi connectivity index (χ4v) is 1.30. The summed E-state index contributed by atoms with van der Waals surface area (Å²) in [4.78, 5) is 0. The summed E-state index contributed by atoms with van der Waals surface area (Å²) in [7, 11) is 5.49. The second-order valence-corrected chi connectivity index (χ2v) is 3.34. The summed E-state index contributed by atoms with van der Waals surface area (Å²) < 4.78 is 5.05. The van der Waals surface area contributed by atoms with E-state index in [2.05, 4.69) is 0 Å². The van der Waals surface area contributed by atoms with Gasteiger partial charge in [-0.1, -0.05) is 12.7 Å². The van der Waals surface area contributed by atoms with Gasteiger partial charge in [0.05, 0.1) is 27.2 Å². The Morgan fingerprint density at radius 1 is 1.75 bits per heavy atom. The van der Waals surface area contributed by atoms with Crippen LogP contribution in [0.25, 0.3) is 0 Å². The maximum absolute atomic E-state index is 9.51. The molecule has 3 N–H and O–H groups in total. The molecular weight excluding hydrogens is 159 g/mol. The minimum absolute atomic E-state index is 0.0725. The summed E-state index contributed by atoms with van der Waals surface area (Å²) in [5, 5.41) is 27.7. The Bertz CT molecular complexity index is 163. The Labute approximate surface area is 72.6 Å². The van der Waals surface area contributed by atoms with Gasteiger partial charge in [-0.3, -0.25) is 0 Å². The van der Waals surface area contributed by atoms with Gasteiger partial charge in [-0.15, -0.1) is 0 Å². The van der Waals surface area contributed by atoms with Gasteiger partial charge in [0.15, 0.2) is 0 Å². The van der Waals surface area contributed by atoms with Gasteiger partial charge in [-0.25, -0.2) is 0 Å². The summed E-state index contributed by atoms with van der Waals surface area (Å²) in [5.41, 5.74) is -1.54. The first-order valence-corrected chi connectivity index (χ1v) is 3.90. The summed E-state index contributed by atoms with van der Waals surface area (Å²) >= 11 is 0. The molecule has 1 aliphatic heterocycles. The first-order valence-electron chi connectivity index (χ1n) is 3.90. The maximum atomic E-state index is 9.51. The van der Waals surface area contributed by atoms with Gasteiger partial charge in [0.25, 0.3) is 0 Å². The number of hydrogen-bond acceptors (Lipinski definition) is 4. The standard InChI is InChI=1S/C7H13BO4/c1-4(8)5-6(10)7(11,2-9)3-12-5/h4-6,9-11H,2-3H2,1H3/t4-,5?,6?,7?/m1/s1. The zero-order valence-electron chi connectivity index (χ0n) is 6.97. The average Bonchev–Trinajstić information content (AvgIpc) is 2.30. The van der Waals surface area contributed by atoms with E-state index >= 15 is 0 Å². The van der Waals surface area contributed by atoms with Crippen LogP contribution in [0.15, 0.2) is 0 Å². The van der Waals surface area contributed by atoms with Gasteiger partial charge in [0, 0.05) is 0 Å². The zero-order chi connectivity index (χ0) is 9.35. The van der Waals surface area contributed by atoms with Gasteiger partial charge >= 0.3 is 0 Å². The third-order valence-electron chi connectivity index (χ3n) is 2.18. The molecule has 4 nitrogen and oxygen atoms in total. The van der Waals surface area contributed by atoms with E-state index in [-0.39, 0.29) is 12.4 Å². The van der Waals surface area contributed by atoms with E-state index in [0.29, 0.717) is 0 Å². The lowest BCUT2D eigenvalue weighted by Gasteiger charge is -2.25. The van der Waals surface area contributed by atoms with Crippen LogP contribution in [0.2, 0.25) is 5.82 Å². The Hall–Kier alpha value is -0.0951. The van der Waals surface area contributed by atoms with Crippen LogP contribution in [-0.2, 0) is 4.74 Å². The molecule has 2 radical (unpaired) electrons. The normalized spacial score (nSPS) is 44.7. The summed E-state index contributed by atoms with van der Waals surface area (Å²) in [6.07, 6.45) is -1.70. The van der Waals surface area contributed by atoms with Crippen LogP contribution in [-0.4, -0.2) is 54.2 Å². The van der Waals surface area contributed by atoms with E-state index in [0.717, 1.165) is 0 Å². The largest absolute Gasteiger partial charge is 0.393 e. The molecule has 0 aromatic heterocycles. The number of ether oxygens (including phenoxy) is 1. The van der Waals surface area contributed by atoms with Crippen LogP contribution in [0.4, 0.5) is 0 Å². The third-order valence-corrected chi connectivity index (χ3v) is 2.18. The molecule has 3 unspecified atom stereocenters. The Morgan fingerprint density at radius 3 is 2.58 bits per heavy atom. The third kappa shape index (κ3) is 1.50. The molecule has 5 heteroatoms. The van der Waals surface area contributed by atoms with Crippen LogP contribution in [0, 0.1) is 0 Å². The van der Waals surface area contributed by atoms with Crippen molar-refractivity contribution in [3.63, 3.8) is 0 Å². The minimum Gasteiger partial charge on any atom is -0.393 e. The predicted octanol–water partition coefficient (Wildman–Crippen LogP) is -1.55. The topological polar surface area (TPSA) is 69.9 Å². The molecule has 0 spiro atoms. The number of hydrogen-bond donors (Lipinski definition) is 3. The highest BCUT2D eigenvalue weighted by Crippen LogP contribution is 2.29. The van der Waals surface area contributed by atoms with E-state index in [4.69, 9.17) is 17.7 Å². The first-order chi connectivity index (χ1) is 5.51. The van der Waals surface area contributed by atoms with Crippen LogP contribution in [0.1, 0.15) is 6.92 Å². The molecule has 1 saturated heterocycles. The lowest BCUT2D eigenvalue weighted by molar-refractivity contribution is -0.0815. The summed E-state index contributed by atoms with van der Waals surface area (Å²) in [5.74, 6) is -0.361. The van der Waals surface area contributed by atoms with Crippen LogP contribution >= 0.6 is 0 Å². The molecule has 1 aliphatic rings. The van der Waals surface area contributed by atoms with Gasteiger partial charge in [0.2, 0.25) is 0 Å². The Morgan fingerprint density at radius 2 is 2.33 bits per heavy atom. The van der Waals surface area contributed by atoms with Crippen molar-refractivity contribution in [3.05, 3.63) is 0 Å². The van der Waals surface area contributed by atoms with E-state index in [1.165, 1.54) is 0 Å². The minimum atomic E-state index is -1.54. The molecule has 1 heterocycles. The Kier molecular flexibility index (Phi) is 2.78. The molecule has 68 valence electrons. The zero-order valence-corrected chi connectivity index (χ0v) is 6.97. The van der Waals surface area contributed by atoms with Crippen LogP contribution < -0.4 is 0 Å². The van der Waals surface area contributed by atoms with Crippen molar-refractivity contribution in [1.29, 1.82) is 0 Å². The molecule has 0 aromatic carbocycles. The van der Waals surface area contributed by atoms with Crippen molar-refractivity contribution in [2.45, 2.75) is 30.5 Å². The fraction of sp³-hybridized carbons (Fsp3) is 1.00. The van der Waals surface area contributed by atoms with Crippen LogP contribution in [0.5, 0.6) is 0 Å². The van der Waals surface area contributed by atoms with Crippen molar-refractivity contribution in [2.24, 2.45) is 0 Å². The molecular formula is C7H13BO4. The summed E-state index contributed by atoms with van der Waals surface area (Å²) in [6, 6.07) is 0. The maximum Gasteiger partial charge on any atom is 0.139 e. The van der Waals surface area contributed by atoms with Crippen molar-refractivity contribution in [1.82, 2.24) is 0 Å². The van der Waals surface area contributed by atoms with Gasteiger partial charge in [-0.05, 0) is 0 Å². The highest BCUT2D eigenvalue weighted by atomic mass is 16.5. The number of rotatable bonds is 2.